The van der Waals surface area contributed by atoms with Crippen molar-refractivity contribution in [1.82, 2.24) is 24.9 Å². The Bertz CT molecular complexity index is 1770. The van der Waals surface area contributed by atoms with Crippen LogP contribution in [0.5, 0.6) is 0 Å². The van der Waals surface area contributed by atoms with Crippen molar-refractivity contribution in [2.24, 2.45) is 0 Å². The second-order valence-corrected chi connectivity index (χ2v) is 8.29. The van der Waals surface area contributed by atoms with Crippen LogP contribution < -0.4 is 11.2 Å². The minimum atomic E-state index is -0.527. The quantitative estimate of drug-likeness (QED) is 0.375. The maximum absolute atomic E-state index is 12.3. The van der Waals surface area contributed by atoms with Gasteiger partial charge in [-0.2, -0.15) is 0 Å². The second-order valence-electron chi connectivity index (χ2n) is 8.29. The van der Waals surface area contributed by atoms with Crippen molar-refractivity contribution < 1.29 is 0 Å². The molecule has 7 heteroatoms. The first kappa shape index (κ1) is 21.4. The first-order chi connectivity index (χ1) is 17.6. The van der Waals surface area contributed by atoms with Gasteiger partial charge in [-0.1, -0.05) is 84.9 Å². The third-order valence-electron chi connectivity index (χ3n) is 5.89. The van der Waals surface area contributed by atoms with E-state index in [1.54, 1.807) is 12.1 Å². The Morgan fingerprint density at radius 3 is 1.64 bits per heavy atom. The van der Waals surface area contributed by atoms with E-state index < -0.39 is 11.2 Å². The number of aromatic nitrogens is 5. The number of fused-ring (bicyclic) bond motifs is 1. The van der Waals surface area contributed by atoms with Crippen molar-refractivity contribution in [3.05, 3.63) is 124 Å². The highest BCUT2D eigenvalue weighted by atomic mass is 16.2. The van der Waals surface area contributed by atoms with Gasteiger partial charge in [0.15, 0.2) is 17.5 Å². The first-order valence-electron chi connectivity index (χ1n) is 11.4. The number of H-pyrrole nitrogens is 2. The number of hydrogen-bond donors (Lipinski definition) is 2. The van der Waals surface area contributed by atoms with E-state index in [1.165, 1.54) is 0 Å². The lowest BCUT2D eigenvalue weighted by Gasteiger charge is -2.10. The van der Waals surface area contributed by atoms with Crippen LogP contribution in [0.3, 0.4) is 0 Å². The van der Waals surface area contributed by atoms with E-state index in [4.69, 9.17) is 15.0 Å². The van der Waals surface area contributed by atoms with Crippen molar-refractivity contribution in [3.63, 3.8) is 0 Å². The summed E-state index contributed by atoms with van der Waals surface area (Å²) in [6.07, 6.45) is 0. The van der Waals surface area contributed by atoms with Gasteiger partial charge in [0.25, 0.3) is 5.56 Å². The predicted molar refractivity (Wildman–Crippen MR) is 140 cm³/mol. The summed E-state index contributed by atoms with van der Waals surface area (Å²) >= 11 is 0. The molecule has 2 heterocycles. The van der Waals surface area contributed by atoms with Crippen molar-refractivity contribution in [2.75, 3.05) is 0 Å². The fraction of sp³-hybridized carbons (Fsp3) is 0. The Balaban J connectivity index is 1.49. The zero-order valence-electron chi connectivity index (χ0n) is 19.0. The summed E-state index contributed by atoms with van der Waals surface area (Å²) in [5.41, 5.74) is 3.88. The molecule has 0 fully saturated rings. The smallest absolute Gasteiger partial charge is 0.307 e. The summed E-state index contributed by atoms with van der Waals surface area (Å²) in [6.45, 7) is 0. The lowest BCUT2D eigenvalue weighted by Crippen LogP contribution is -2.21. The second kappa shape index (κ2) is 8.88. The standard InChI is InChI=1S/C29H19N5O2/c35-28-23-17-21(14-15-24(23)30-29(36)34-28)20-12-7-13-22(16-20)27-32-25(18-8-3-1-4-9-18)31-26(33-27)19-10-5-2-6-11-19/h1-17H,(H2,30,34,35,36). The van der Waals surface area contributed by atoms with Crippen molar-refractivity contribution in [1.29, 1.82) is 0 Å². The summed E-state index contributed by atoms with van der Waals surface area (Å²) in [7, 11) is 0. The zero-order valence-corrected chi connectivity index (χ0v) is 19.0. The number of hydrogen-bond acceptors (Lipinski definition) is 5. The topological polar surface area (TPSA) is 104 Å². The monoisotopic (exact) mass is 469 g/mol. The number of nitrogens with zero attached hydrogens (tertiary/aromatic N) is 3. The van der Waals surface area contributed by atoms with Crippen LogP contribution in [-0.2, 0) is 0 Å². The number of nitrogens with one attached hydrogen (secondary N) is 2. The third-order valence-corrected chi connectivity index (χ3v) is 5.89. The molecule has 0 radical (unpaired) electrons. The van der Waals surface area contributed by atoms with Gasteiger partial charge in [0.2, 0.25) is 0 Å². The van der Waals surface area contributed by atoms with Crippen molar-refractivity contribution in [3.8, 4) is 45.3 Å². The van der Waals surface area contributed by atoms with Gasteiger partial charge >= 0.3 is 5.69 Å². The van der Waals surface area contributed by atoms with Crippen LogP contribution in [0, 0.1) is 0 Å². The highest BCUT2D eigenvalue weighted by molar-refractivity contribution is 5.84. The van der Waals surface area contributed by atoms with Gasteiger partial charge in [-0.05, 0) is 29.3 Å². The van der Waals surface area contributed by atoms with Gasteiger partial charge in [0.1, 0.15) is 0 Å². The average molecular weight is 470 g/mol. The molecule has 0 saturated carbocycles. The molecule has 0 spiro atoms. The maximum atomic E-state index is 12.3. The minimum Gasteiger partial charge on any atom is -0.307 e. The molecule has 172 valence electrons. The zero-order chi connectivity index (χ0) is 24.5. The van der Waals surface area contributed by atoms with Crippen molar-refractivity contribution in [2.45, 2.75) is 0 Å². The van der Waals surface area contributed by atoms with Crippen LogP contribution in [0.2, 0.25) is 0 Å². The van der Waals surface area contributed by atoms with Crippen LogP contribution in [0.4, 0.5) is 0 Å². The van der Waals surface area contributed by atoms with Crippen molar-refractivity contribution >= 4 is 10.9 Å². The van der Waals surface area contributed by atoms with E-state index in [2.05, 4.69) is 9.97 Å². The summed E-state index contributed by atoms with van der Waals surface area (Å²) < 4.78 is 0. The summed E-state index contributed by atoms with van der Waals surface area (Å²) in [4.78, 5) is 43.2. The Morgan fingerprint density at radius 2 is 1.00 bits per heavy atom. The molecule has 6 aromatic rings. The Kier molecular flexibility index (Phi) is 5.27. The van der Waals surface area contributed by atoms with Gasteiger partial charge < -0.3 is 4.98 Å². The number of benzene rings is 4. The van der Waals surface area contributed by atoms with Gasteiger partial charge in [0.05, 0.1) is 10.9 Å². The molecule has 0 bridgehead atoms. The average Bonchev–Trinajstić information content (AvgIpc) is 2.93. The largest absolute Gasteiger partial charge is 0.326 e. The van der Waals surface area contributed by atoms with E-state index >= 15 is 0 Å². The summed E-state index contributed by atoms with van der Waals surface area (Å²) in [6, 6.07) is 32.8. The van der Waals surface area contributed by atoms with E-state index in [9.17, 15) is 9.59 Å². The van der Waals surface area contributed by atoms with Crippen LogP contribution in [0.1, 0.15) is 0 Å². The van der Waals surface area contributed by atoms with E-state index in [-0.39, 0.29) is 0 Å². The van der Waals surface area contributed by atoms with Crippen LogP contribution in [-0.4, -0.2) is 24.9 Å². The minimum absolute atomic E-state index is 0.412. The van der Waals surface area contributed by atoms with E-state index in [1.807, 2.05) is 91.0 Å². The molecule has 0 aliphatic heterocycles. The van der Waals surface area contributed by atoms with Gasteiger partial charge in [0, 0.05) is 16.7 Å². The normalized spacial score (nSPS) is 11.0. The molecule has 0 saturated heterocycles. The molecule has 0 aliphatic carbocycles. The van der Waals surface area contributed by atoms with E-state index in [0.29, 0.717) is 28.4 Å². The third kappa shape index (κ3) is 4.10. The molecule has 2 aromatic heterocycles. The van der Waals surface area contributed by atoms with Crippen LogP contribution >= 0.6 is 0 Å². The summed E-state index contributed by atoms with van der Waals surface area (Å²) in [5.74, 6) is 1.73. The van der Waals surface area contributed by atoms with Gasteiger partial charge in [-0.3, -0.25) is 9.78 Å². The molecule has 6 rings (SSSR count). The molecule has 36 heavy (non-hydrogen) atoms. The highest BCUT2D eigenvalue weighted by Crippen LogP contribution is 2.28. The number of aromatic amines is 2. The molecule has 0 atom stereocenters. The van der Waals surface area contributed by atoms with Crippen LogP contribution in [0.25, 0.3) is 56.2 Å². The predicted octanol–water partition coefficient (Wildman–Crippen LogP) is 5.07. The fourth-order valence-corrected chi connectivity index (χ4v) is 4.12. The van der Waals surface area contributed by atoms with E-state index in [0.717, 1.165) is 27.8 Å². The Hall–Kier alpha value is -5.17. The lowest BCUT2D eigenvalue weighted by atomic mass is 10.0. The Morgan fingerprint density at radius 1 is 0.472 bits per heavy atom. The molecule has 0 unspecified atom stereocenters. The SMILES string of the molecule is O=c1[nH]c(=O)c2cc(-c3cccc(-c4nc(-c5ccccc5)nc(-c5ccccc5)n4)c3)ccc2[nH]1. The van der Waals surface area contributed by atoms with Gasteiger partial charge in [-0.15, -0.1) is 0 Å². The molecule has 0 aliphatic rings. The molecular weight excluding hydrogens is 450 g/mol. The molecule has 2 N–H and O–H groups in total. The summed E-state index contributed by atoms with van der Waals surface area (Å²) in [5, 5.41) is 0.412. The Labute approximate surface area is 205 Å². The maximum Gasteiger partial charge on any atom is 0.326 e. The highest BCUT2D eigenvalue weighted by Gasteiger charge is 2.13. The van der Waals surface area contributed by atoms with Crippen LogP contribution in [0.15, 0.2) is 113 Å². The fourth-order valence-electron chi connectivity index (χ4n) is 4.12. The molecule has 0 amide bonds. The molecule has 4 aromatic carbocycles. The lowest BCUT2D eigenvalue weighted by molar-refractivity contribution is 1.07. The molecule has 7 nitrogen and oxygen atoms in total. The van der Waals surface area contributed by atoms with Gasteiger partial charge in [-0.25, -0.2) is 19.7 Å². The first-order valence-corrected chi connectivity index (χ1v) is 11.4. The molecular formula is C29H19N5O2. The number of rotatable bonds is 4.